The molecule has 0 amide bonds. The topological polar surface area (TPSA) is 15.3 Å². The summed E-state index contributed by atoms with van der Waals surface area (Å²) in [7, 11) is 0. The van der Waals surface area contributed by atoms with Crippen molar-refractivity contribution >= 4 is 0 Å². The van der Waals surface area contributed by atoms with Crippen molar-refractivity contribution < 1.29 is 0 Å². The lowest BCUT2D eigenvalue weighted by Crippen LogP contribution is -2.41. The van der Waals surface area contributed by atoms with Crippen LogP contribution in [0, 0.1) is 0 Å². The van der Waals surface area contributed by atoms with Crippen molar-refractivity contribution in [3.05, 3.63) is 0 Å². The van der Waals surface area contributed by atoms with Crippen molar-refractivity contribution in [2.24, 2.45) is 0 Å². The first-order valence-electron chi connectivity index (χ1n) is 5.79. The quantitative estimate of drug-likeness (QED) is 0.656. The minimum Gasteiger partial charge on any atom is -0.315 e. The van der Waals surface area contributed by atoms with Crippen LogP contribution < -0.4 is 5.32 Å². The Morgan fingerprint density at radius 3 is 2.85 bits per heavy atom. The second-order valence-corrected chi connectivity index (χ2v) is 4.13. The van der Waals surface area contributed by atoms with E-state index >= 15 is 0 Å². The zero-order chi connectivity index (χ0) is 9.52. The van der Waals surface area contributed by atoms with Gasteiger partial charge in [0.25, 0.3) is 0 Å². The lowest BCUT2D eigenvalue weighted by molar-refractivity contribution is 0.162. The molecule has 0 aromatic heterocycles. The smallest absolute Gasteiger partial charge is 0.0110 e. The normalized spacial score (nSPS) is 24.9. The second kappa shape index (κ2) is 6.39. The Bertz CT molecular complexity index is 125. The van der Waals surface area contributed by atoms with Gasteiger partial charge in [0, 0.05) is 19.1 Å². The summed E-state index contributed by atoms with van der Waals surface area (Å²) in [4.78, 5) is 2.62. The molecule has 0 aliphatic carbocycles. The predicted octanol–water partition coefficient (Wildman–Crippen LogP) is 1.86. The van der Waals surface area contributed by atoms with Crippen LogP contribution in [-0.4, -0.2) is 37.1 Å². The Morgan fingerprint density at radius 2 is 2.15 bits per heavy atom. The molecule has 1 rings (SSSR count). The molecule has 1 unspecified atom stereocenters. The fraction of sp³-hybridized carbons (Fsp3) is 1.00. The van der Waals surface area contributed by atoms with Gasteiger partial charge in [-0.25, -0.2) is 0 Å². The minimum absolute atomic E-state index is 0.817. The van der Waals surface area contributed by atoms with Crippen LogP contribution in [0.15, 0.2) is 0 Å². The maximum Gasteiger partial charge on any atom is 0.0110 e. The molecule has 78 valence electrons. The van der Waals surface area contributed by atoms with Gasteiger partial charge in [-0.3, -0.25) is 4.90 Å². The van der Waals surface area contributed by atoms with Crippen LogP contribution in [0.4, 0.5) is 0 Å². The van der Waals surface area contributed by atoms with E-state index in [1.54, 1.807) is 0 Å². The lowest BCUT2D eigenvalue weighted by atomic mass is 10.0. The summed E-state index contributed by atoms with van der Waals surface area (Å²) in [6.45, 7) is 9.46. The molecule has 0 radical (unpaired) electrons. The number of likely N-dealkylation sites (tertiary alicyclic amines) is 1. The molecule has 1 aliphatic rings. The fourth-order valence-corrected chi connectivity index (χ4v) is 2.01. The van der Waals surface area contributed by atoms with Gasteiger partial charge >= 0.3 is 0 Å². The van der Waals surface area contributed by atoms with E-state index in [2.05, 4.69) is 24.1 Å². The number of hydrogen-bond acceptors (Lipinski definition) is 2. The van der Waals surface area contributed by atoms with Crippen molar-refractivity contribution in [2.75, 3.05) is 26.2 Å². The summed E-state index contributed by atoms with van der Waals surface area (Å²) < 4.78 is 0. The summed E-state index contributed by atoms with van der Waals surface area (Å²) in [6, 6.07) is 0.817. The monoisotopic (exact) mass is 184 g/mol. The lowest BCUT2D eigenvalue weighted by Gasteiger charge is -2.33. The molecular formula is C11H24N2. The Hall–Kier alpha value is -0.0800. The van der Waals surface area contributed by atoms with E-state index in [4.69, 9.17) is 0 Å². The SMILES string of the molecule is CCCNCCN1CCCCC1C. The average molecular weight is 184 g/mol. The maximum atomic E-state index is 3.46. The van der Waals surface area contributed by atoms with E-state index in [9.17, 15) is 0 Å². The average Bonchev–Trinajstić information content (AvgIpc) is 2.15. The second-order valence-electron chi connectivity index (χ2n) is 4.13. The van der Waals surface area contributed by atoms with Gasteiger partial charge in [0.15, 0.2) is 0 Å². The van der Waals surface area contributed by atoms with E-state index in [1.165, 1.54) is 45.3 Å². The molecule has 1 aliphatic heterocycles. The van der Waals surface area contributed by atoms with Gasteiger partial charge in [-0.1, -0.05) is 13.3 Å². The van der Waals surface area contributed by atoms with Gasteiger partial charge in [-0.15, -0.1) is 0 Å². The third-order valence-electron chi connectivity index (χ3n) is 2.94. The van der Waals surface area contributed by atoms with Crippen LogP contribution in [0.25, 0.3) is 0 Å². The van der Waals surface area contributed by atoms with Crippen molar-refractivity contribution in [3.8, 4) is 0 Å². The fourth-order valence-electron chi connectivity index (χ4n) is 2.01. The summed E-state index contributed by atoms with van der Waals surface area (Å²) in [6.07, 6.45) is 5.47. The van der Waals surface area contributed by atoms with Crippen LogP contribution in [0.5, 0.6) is 0 Å². The molecule has 2 heteroatoms. The molecular weight excluding hydrogens is 160 g/mol. The van der Waals surface area contributed by atoms with Crippen molar-refractivity contribution in [1.82, 2.24) is 10.2 Å². The molecule has 13 heavy (non-hydrogen) atoms. The van der Waals surface area contributed by atoms with E-state index in [0.29, 0.717) is 0 Å². The van der Waals surface area contributed by atoms with E-state index in [-0.39, 0.29) is 0 Å². The summed E-state index contributed by atoms with van der Waals surface area (Å²) >= 11 is 0. The Morgan fingerprint density at radius 1 is 1.31 bits per heavy atom. The molecule has 1 fully saturated rings. The molecule has 1 atom stereocenters. The maximum absolute atomic E-state index is 3.46. The molecule has 1 heterocycles. The highest BCUT2D eigenvalue weighted by Crippen LogP contribution is 2.15. The van der Waals surface area contributed by atoms with E-state index in [1.807, 2.05) is 0 Å². The summed E-state index contributed by atoms with van der Waals surface area (Å²) in [5.74, 6) is 0. The molecule has 0 bridgehead atoms. The first kappa shape index (κ1) is 11.0. The molecule has 1 saturated heterocycles. The molecule has 1 N–H and O–H groups in total. The Balaban J connectivity index is 2.05. The van der Waals surface area contributed by atoms with Gasteiger partial charge in [-0.05, 0) is 39.3 Å². The van der Waals surface area contributed by atoms with Gasteiger partial charge in [0.05, 0.1) is 0 Å². The summed E-state index contributed by atoms with van der Waals surface area (Å²) in [5.41, 5.74) is 0. The highest BCUT2D eigenvalue weighted by molar-refractivity contribution is 4.73. The van der Waals surface area contributed by atoms with Crippen LogP contribution in [0.2, 0.25) is 0 Å². The number of piperidine rings is 1. The first-order valence-corrected chi connectivity index (χ1v) is 5.79. The molecule has 0 aromatic rings. The first-order chi connectivity index (χ1) is 6.34. The Labute approximate surface area is 82.7 Å². The number of hydrogen-bond donors (Lipinski definition) is 1. The Kier molecular flexibility index (Phi) is 5.40. The van der Waals surface area contributed by atoms with Crippen LogP contribution >= 0.6 is 0 Å². The minimum atomic E-state index is 0.817. The highest BCUT2D eigenvalue weighted by Gasteiger charge is 2.16. The molecule has 2 nitrogen and oxygen atoms in total. The van der Waals surface area contributed by atoms with Crippen molar-refractivity contribution in [1.29, 1.82) is 0 Å². The molecule has 0 spiro atoms. The predicted molar refractivity (Wildman–Crippen MR) is 58.0 cm³/mol. The highest BCUT2D eigenvalue weighted by atomic mass is 15.2. The van der Waals surface area contributed by atoms with Crippen LogP contribution in [0.1, 0.15) is 39.5 Å². The third kappa shape index (κ3) is 4.10. The third-order valence-corrected chi connectivity index (χ3v) is 2.94. The van der Waals surface area contributed by atoms with Crippen LogP contribution in [-0.2, 0) is 0 Å². The number of nitrogens with zero attached hydrogens (tertiary/aromatic N) is 1. The van der Waals surface area contributed by atoms with Gasteiger partial charge in [0.2, 0.25) is 0 Å². The van der Waals surface area contributed by atoms with E-state index < -0.39 is 0 Å². The number of nitrogens with one attached hydrogen (secondary N) is 1. The van der Waals surface area contributed by atoms with Gasteiger partial charge in [-0.2, -0.15) is 0 Å². The molecule has 0 saturated carbocycles. The standard InChI is InChI=1S/C11H24N2/c1-3-7-12-8-10-13-9-5-4-6-11(13)2/h11-12H,3-10H2,1-2H3. The molecule has 0 aromatic carbocycles. The van der Waals surface area contributed by atoms with Crippen molar-refractivity contribution in [2.45, 2.75) is 45.6 Å². The zero-order valence-corrected chi connectivity index (χ0v) is 9.18. The number of rotatable bonds is 5. The van der Waals surface area contributed by atoms with Gasteiger partial charge in [0.1, 0.15) is 0 Å². The van der Waals surface area contributed by atoms with Crippen LogP contribution in [0.3, 0.4) is 0 Å². The van der Waals surface area contributed by atoms with Crippen molar-refractivity contribution in [3.63, 3.8) is 0 Å². The zero-order valence-electron chi connectivity index (χ0n) is 9.18. The van der Waals surface area contributed by atoms with Gasteiger partial charge < -0.3 is 5.32 Å². The van der Waals surface area contributed by atoms with E-state index in [0.717, 1.165) is 12.6 Å². The summed E-state index contributed by atoms with van der Waals surface area (Å²) in [5, 5.41) is 3.46. The largest absolute Gasteiger partial charge is 0.315 e.